The van der Waals surface area contributed by atoms with Gasteiger partial charge in [-0.25, -0.2) is 9.69 Å². The Labute approximate surface area is 118 Å². The first-order chi connectivity index (χ1) is 9.20. The fraction of sp³-hybridized carbons (Fsp3) is 0.250. The maximum atomic E-state index is 11.8. The monoisotopic (exact) mass is 326 g/mol. The number of hydrogen-bond acceptors (Lipinski definition) is 5. The average Bonchev–Trinajstić information content (AvgIpc) is 2.85. The molecule has 0 saturated heterocycles. The van der Waals surface area contributed by atoms with Gasteiger partial charge in [-0.1, -0.05) is 35.5 Å². The Bertz CT molecular complexity index is 492. The molecule has 0 N–H and O–H groups in total. The molecule has 0 saturated carbocycles. The topological polar surface area (TPSA) is 68.2 Å². The number of amides is 2. The fourth-order valence-electron chi connectivity index (χ4n) is 1.51. The highest BCUT2D eigenvalue weighted by Gasteiger charge is 2.31. The molecule has 0 spiro atoms. The molecule has 1 aromatic carbocycles. The van der Waals surface area contributed by atoms with Crippen LogP contribution in [0.25, 0.3) is 0 Å². The predicted octanol–water partition coefficient (Wildman–Crippen LogP) is 2.24. The quantitative estimate of drug-likeness (QED) is 0.796. The van der Waals surface area contributed by atoms with Crippen LogP contribution in [0.1, 0.15) is 12.0 Å². The Morgan fingerprint density at radius 1 is 1.53 bits per heavy atom. The largest absolute Gasteiger partial charge is 0.444 e. The van der Waals surface area contributed by atoms with Crippen LogP contribution in [0.2, 0.25) is 0 Å². The van der Waals surface area contributed by atoms with E-state index in [0.717, 1.165) is 10.5 Å². The second-order valence-corrected chi connectivity index (χ2v) is 4.70. The highest BCUT2D eigenvalue weighted by atomic mass is 79.9. The van der Waals surface area contributed by atoms with Crippen molar-refractivity contribution in [2.24, 2.45) is 5.16 Å². The second-order valence-electron chi connectivity index (χ2n) is 3.78. The number of hydrogen-bond donors (Lipinski definition) is 0. The highest BCUT2D eigenvalue weighted by molar-refractivity contribution is 9.18. The van der Waals surface area contributed by atoms with Gasteiger partial charge in [0.2, 0.25) is 12.6 Å². The van der Waals surface area contributed by atoms with Gasteiger partial charge in [-0.2, -0.15) is 0 Å². The van der Waals surface area contributed by atoms with Crippen LogP contribution >= 0.6 is 15.9 Å². The molecule has 0 fully saturated rings. The van der Waals surface area contributed by atoms with Crippen molar-refractivity contribution in [3.8, 4) is 0 Å². The summed E-state index contributed by atoms with van der Waals surface area (Å²) in [6.45, 7) is 0.0960. The zero-order chi connectivity index (χ0) is 13.7. The van der Waals surface area contributed by atoms with Crippen molar-refractivity contribution in [1.82, 2.24) is 4.90 Å². The van der Waals surface area contributed by atoms with E-state index in [2.05, 4.69) is 21.1 Å². The number of ether oxygens (including phenoxy) is 1. The zero-order valence-corrected chi connectivity index (χ0v) is 11.4. The molecule has 19 heavy (non-hydrogen) atoms. The molecule has 0 aromatic heterocycles. The van der Waals surface area contributed by atoms with Gasteiger partial charge in [-0.05, 0) is 21.5 Å². The summed E-state index contributed by atoms with van der Waals surface area (Å²) in [5.74, 6) is 0. The van der Waals surface area contributed by atoms with Crippen molar-refractivity contribution < 1.29 is 19.2 Å². The van der Waals surface area contributed by atoms with Crippen molar-refractivity contribution in [2.75, 3.05) is 0 Å². The number of carbonyl (C=O) groups is 2. The van der Waals surface area contributed by atoms with Gasteiger partial charge in [0.05, 0.1) is 6.42 Å². The van der Waals surface area contributed by atoms with E-state index in [0.29, 0.717) is 17.5 Å². The van der Waals surface area contributed by atoms with Crippen molar-refractivity contribution >= 4 is 33.1 Å². The van der Waals surface area contributed by atoms with Crippen LogP contribution in [0.4, 0.5) is 4.79 Å². The molecule has 1 unspecified atom stereocenters. The molecule has 1 aliphatic heterocycles. The van der Waals surface area contributed by atoms with Crippen LogP contribution in [-0.4, -0.2) is 28.3 Å². The first-order valence-electron chi connectivity index (χ1n) is 5.53. The van der Waals surface area contributed by atoms with Crippen molar-refractivity contribution in [2.45, 2.75) is 19.3 Å². The van der Waals surface area contributed by atoms with Crippen LogP contribution in [-0.2, 0) is 21.0 Å². The molecule has 0 bridgehead atoms. The molecule has 6 nitrogen and oxygen atoms in total. The Morgan fingerprint density at radius 2 is 2.26 bits per heavy atom. The number of carbonyl (C=O) groups excluding carboxylic acids is 2. The van der Waals surface area contributed by atoms with E-state index >= 15 is 0 Å². The van der Waals surface area contributed by atoms with Gasteiger partial charge < -0.3 is 9.57 Å². The summed E-state index contributed by atoms with van der Waals surface area (Å²) in [4.78, 5) is 28.5. The smallest absolute Gasteiger partial charge is 0.419 e. The van der Waals surface area contributed by atoms with Gasteiger partial charge >= 0.3 is 6.09 Å². The molecule has 2 amide bonds. The number of benzene rings is 1. The molecule has 1 aliphatic rings. The first kappa shape index (κ1) is 13.5. The maximum Gasteiger partial charge on any atom is 0.419 e. The minimum absolute atomic E-state index is 0.0960. The Kier molecular flexibility index (Phi) is 4.51. The third-order valence-electron chi connectivity index (χ3n) is 2.46. The molecule has 0 radical (unpaired) electrons. The summed E-state index contributed by atoms with van der Waals surface area (Å²) in [6, 6.07) is 9.19. The minimum atomic E-state index is -0.763. The molecule has 1 atom stereocenters. The van der Waals surface area contributed by atoms with E-state index in [9.17, 15) is 9.59 Å². The standard InChI is InChI=1S/C12H11BrN2O4/c13-10-6-11(19-14-10)15(8-16)12(17)18-7-9-4-2-1-3-5-9/h1-5,8,11H,6-7H2. The molecular formula is C12H11BrN2O4. The maximum absolute atomic E-state index is 11.8. The van der Waals surface area contributed by atoms with Crippen LogP contribution < -0.4 is 0 Å². The van der Waals surface area contributed by atoms with Crippen molar-refractivity contribution in [3.63, 3.8) is 0 Å². The van der Waals surface area contributed by atoms with E-state index in [1.807, 2.05) is 30.3 Å². The summed E-state index contributed by atoms with van der Waals surface area (Å²) in [5, 5.41) is 3.61. The van der Waals surface area contributed by atoms with Crippen molar-refractivity contribution in [3.05, 3.63) is 35.9 Å². The SMILES string of the molecule is O=CN(C(=O)OCc1ccccc1)C1CC(Br)=NO1. The molecule has 2 rings (SSSR count). The van der Waals surface area contributed by atoms with Gasteiger partial charge in [0.25, 0.3) is 0 Å². The number of oxime groups is 1. The molecular weight excluding hydrogens is 316 g/mol. The Morgan fingerprint density at radius 3 is 2.84 bits per heavy atom. The second kappa shape index (κ2) is 6.33. The molecule has 1 aromatic rings. The summed E-state index contributed by atoms with van der Waals surface area (Å²) < 4.78 is 5.58. The number of nitrogens with zero attached hydrogens (tertiary/aromatic N) is 2. The fourth-order valence-corrected chi connectivity index (χ4v) is 1.87. The summed E-state index contributed by atoms with van der Waals surface area (Å²) in [6.07, 6.45) is -0.824. The van der Waals surface area contributed by atoms with E-state index in [-0.39, 0.29) is 6.61 Å². The summed E-state index contributed by atoms with van der Waals surface area (Å²) in [7, 11) is 0. The number of halogens is 1. The summed E-state index contributed by atoms with van der Waals surface area (Å²) >= 11 is 3.13. The van der Waals surface area contributed by atoms with Crippen LogP contribution in [0.5, 0.6) is 0 Å². The van der Waals surface area contributed by atoms with Crippen LogP contribution in [0, 0.1) is 0 Å². The third-order valence-corrected chi connectivity index (χ3v) is 2.92. The third kappa shape index (κ3) is 3.54. The van der Waals surface area contributed by atoms with Crippen molar-refractivity contribution in [1.29, 1.82) is 0 Å². The minimum Gasteiger partial charge on any atom is -0.444 e. The van der Waals surface area contributed by atoms with Crippen LogP contribution in [0.3, 0.4) is 0 Å². The van der Waals surface area contributed by atoms with Gasteiger partial charge in [0.15, 0.2) is 0 Å². The highest BCUT2D eigenvalue weighted by Crippen LogP contribution is 2.18. The Hall–Kier alpha value is -1.89. The number of imide groups is 1. The Balaban J connectivity index is 1.89. The summed E-state index contributed by atoms with van der Waals surface area (Å²) in [5.41, 5.74) is 0.839. The van der Waals surface area contributed by atoms with E-state index < -0.39 is 12.3 Å². The number of rotatable bonds is 4. The lowest BCUT2D eigenvalue weighted by Gasteiger charge is -2.19. The van der Waals surface area contributed by atoms with Crippen LogP contribution in [0.15, 0.2) is 35.5 Å². The predicted molar refractivity (Wildman–Crippen MR) is 70.4 cm³/mol. The molecule has 0 aliphatic carbocycles. The first-order valence-corrected chi connectivity index (χ1v) is 6.32. The average molecular weight is 327 g/mol. The molecule has 100 valence electrons. The lowest BCUT2D eigenvalue weighted by molar-refractivity contribution is -0.127. The molecule has 7 heteroatoms. The van der Waals surface area contributed by atoms with E-state index in [1.165, 1.54) is 0 Å². The zero-order valence-electron chi connectivity index (χ0n) is 9.86. The van der Waals surface area contributed by atoms with E-state index in [1.54, 1.807) is 0 Å². The normalized spacial score (nSPS) is 17.3. The lowest BCUT2D eigenvalue weighted by atomic mass is 10.2. The van der Waals surface area contributed by atoms with Gasteiger partial charge in [-0.15, -0.1) is 0 Å². The van der Waals surface area contributed by atoms with Gasteiger partial charge in [0.1, 0.15) is 11.2 Å². The van der Waals surface area contributed by atoms with Gasteiger partial charge in [-0.3, -0.25) is 4.79 Å². The van der Waals surface area contributed by atoms with E-state index in [4.69, 9.17) is 9.57 Å². The lowest BCUT2D eigenvalue weighted by Crippen LogP contribution is -2.39. The van der Waals surface area contributed by atoms with Gasteiger partial charge in [0, 0.05) is 0 Å². The molecule has 1 heterocycles.